The fourth-order valence-corrected chi connectivity index (χ4v) is 1.86. The van der Waals surface area contributed by atoms with Gasteiger partial charge < -0.3 is 14.2 Å². The molecule has 2 aromatic heterocycles. The first-order valence-electron chi connectivity index (χ1n) is 5.15. The highest BCUT2D eigenvalue weighted by atomic mass is 79.9. The molecule has 1 amide bonds. The van der Waals surface area contributed by atoms with Gasteiger partial charge in [0.05, 0.1) is 0 Å². The summed E-state index contributed by atoms with van der Waals surface area (Å²) >= 11 is 3.15. The molecule has 2 heterocycles. The summed E-state index contributed by atoms with van der Waals surface area (Å²) < 4.78 is 11.1. The van der Waals surface area contributed by atoms with Gasteiger partial charge in [-0.1, -0.05) is 0 Å². The SMILES string of the molecule is Cc1cc(CNC(=O)c2ccc(Br)o2)c(C)o1. The third kappa shape index (κ3) is 2.79. The second kappa shape index (κ2) is 4.79. The zero-order valence-corrected chi connectivity index (χ0v) is 11.1. The van der Waals surface area contributed by atoms with E-state index in [2.05, 4.69) is 21.2 Å². The Morgan fingerprint density at radius 3 is 2.65 bits per heavy atom. The lowest BCUT2D eigenvalue weighted by Crippen LogP contribution is -2.22. The largest absolute Gasteiger partial charge is 0.466 e. The first-order valence-corrected chi connectivity index (χ1v) is 5.95. The molecule has 0 saturated carbocycles. The fourth-order valence-electron chi connectivity index (χ4n) is 1.56. The molecule has 0 bridgehead atoms. The van der Waals surface area contributed by atoms with Gasteiger partial charge in [-0.15, -0.1) is 0 Å². The summed E-state index contributed by atoms with van der Waals surface area (Å²) in [4.78, 5) is 11.7. The van der Waals surface area contributed by atoms with Crippen molar-refractivity contribution in [1.82, 2.24) is 5.32 Å². The average molecular weight is 298 g/mol. The van der Waals surface area contributed by atoms with Crippen LogP contribution < -0.4 is 5.32 Å². The van der Waals surface area contributed by atoms with Crippen LogP contribution in [-0.2, 0) is 6.54 Å². The molecule has 1 N–H and O–H groups in total. The Morgan fingerprint density at radius 1 is 1.35 bits per heavy atom. The average Bonchev–Trinajstić information content (AvgIpc) is 2.82. The predicted octanol–water partition coefficient (Wildman–Crippen LogP) is 3.18. The van der Waals surface area contributed by atoms with Crippen LogP contribution in [0.3, 0.4) is 0 Å². The highest BCUT2D eigenvalue weighted by Gasteiger charge is 2.11. The van der Waals surface area contributed by atoms with Crippen LogP contribution in [0.15, 0.2) is 31.7 Å². The van der Waals surface area contributed by atoms with Crippen molar-refractivity contribution in [1.29, 1.82) is 0 Å². The van der Waals surface area contributed by atoms with E-state index >= 15 is 0 Å². The van der Waals surface area contributed by atoms with Crippen molar-refractivity contribution in [3.8, 4) is 0 Å². The van der Waals surface area contributed by atoms with Crippen LogP contribution in [0, 0.1) is 13.8 Å². The molecular weight excluding hydrogens is 286 g/mol. The van der Waals surface area contributed by atoms with E-state index in [0.717, 1.165) is 17.1 Å². The van der Waals surface area contributed by atoms with Gasteiger partial charge in [0, 0.05) is 12.1 Å². The van der Waals surface area contributed by atoms with Gasteiger partial charge in [-0.05, 0) is 48.0 Å². The maximum Gasteiger partial charge on any atom is 0.287 e. The molecule has 4 nitrogen and oxygen atoms in total. The number of halogens is 1. The minimum Gasteiger partial charge on any atom is -0.466 e. The standard InChI is InChI=1S/C12H12BrNO3/c1-7-5-9(8(2)16-7)6-14-12(15)10-3-4-11(13)17-10/h3-5H,6H2,1-2H3,(H,14,15). The van der Waals surface area contributed by atoms with Crippen LogP contribution >= 0.6 is 15.9 Å². The zero-order valence-electron chi connectivity index (χ0n) is 9.54. The van der Waals surface area contributed by atoms with Gasteiger partial charge in [-0.25, -0.2) is 0 Å². The van der Waals surface area contributed by atoms with Crippen LogP contribution in [0.1, 0.15) is 27.6 Å². The first-order chi connectivity index (χ1) is 8.06. The maximum atomic E-state index is 11.7. The molecule has 17 heavy (non-hydrogen) atoms. The Morgan fingerprint density at radius 2 is 2.12 bits per heavy atom. The molecule has 90 valence electrons. The molecule has 0 fully saturated rings. The van der Waals surface area contributed by atoms with E-state index in [1.165, 1.54) is 0 Å². The second-order valence-corrected chi connectivity index (χ2v) is 4.51. The van der Waals surface area contributed by atoms with Crippen molar-refractivity contribution in [2.24, 2.45) is 0 Å². The summed E-state index contributed by atoms with van der Waals surface area (Å²) in [6, 6.07) is 5.21. The smallest absolute Gasteiger partial charge is 0.287 e. The molecule has 0 saturated heterocycles. The summed E-state index contributed by atoms with van der Waals surface area (Å²) in [5.74, 6) is 1.71. The van der Waals surface area contributed by atoms with Crippen LogP contribution in [0.2, 0.25) is 0 Å². The summed E-state index contributed by atoms with van der Waals surface area (Å²) in [7, 11) is 0. The molecule has 0 unspecified atom stereocenters. The summed E-state index contributed by atoms with van der Waals surface area (Å²) in [5.41, 5.74) is 0.974. The lowest BCUT2D eigenvalue weighted by molar-refractivity contribution is 0.0922. The molecule has 5 heteroatoms. The van der Waals surface area contributed by atoms with E-state index < -0.39 is 0 Å². The van der Waals surface area contributed by atoms with Crippen molar-refractivity contribution >= 4 is 21.8 Å². The van der Waals surface area contributed by atoms with Gasteiger partial charge in [0.15, 0.2) is 10.4 Å². The first kappa shape index (κ1) is 12.0. The third-order valence-electron chi connectivity index (χ3n) is 2.38. The van der Waals surface area contributed by atoms with Crippen molar-refractivity contribution in [2.75, 3.05) is 0 Å². The van der Waals surface area contributed by atoms with Gasteiger partial charge in [-0.2, -0.15) is 0 Å². The molecule has 0 aliphatic heterocycles. The van der Waals surface area contributed by atoms with E-state index in [9.17, 15) is 4.79 Å². The minimum absolute atomic E-state index is 0.242. The molecule has 0 aliphatic rings. The lowest BCUT2D eigenvalue weighted by atomic mass is 10.2. The summed E-state index contributed by atoms with van der Waals surface area (Å²) in [5, 5.41) is 2.77. The van der Waals surface area contributed by atoms with Crippen LogP contribution in [0.25, 0.3) is 0 Å². The number of nitrogens with one attached hydrogen (secondary N) is 1. The molecule has 2 rings (SSSR count). The molecule has 2 aromatic rings. The van der Waals surface area contributed by atoms with Gasteiger partial charge in [0.2, 0.25) is 0 Å². The number of hydrogen-bond acceptors (Lipinski definition) is 3. The van der Waals surface area contributed by atoms with Crippen LogP contribution in [0.5, 0.6) is 0 Å². The Hall–Kier alpha value is -1.49. The second-order valence-electron chi connectivity index (χ2n) is 3.72. The zero-order chi connectivity index (χ0) is 12.4. The number of amides is 1. The van der Waals surface area contributed by atoms with Gasteiger partial charge in [0.1, 0.15) is 11.5 Å². The number of carbonyl (C=O) groups excluding carboxylic acids is 1. The Bertz CT molecular complexity index is 542. The molecule has 0 radical (unpaired) electrons. The van der Waals surface area contributed by atoms with Crippen LogP contribution in [0.4, 0.5) is 0 Å². The molecule has 0 atom stereocenters. The highest BCUT2D eigenvalue weighted by molar-refractivity contribution is 9.10. The molecule has 0 aromatic carbocycles. The molecule has 0 spiro atoms. The van der Waals surface area contributed by atoms with Crippen molar-refractivity contribution in [2.45, 2.75) is 20.4 Å². The van der Waals surface area contributed by atoms with Crippen molar-refractivity contribution in [3.63, 3.8) is 0 Å². The third-order valence-corrected chi connectivity index (χ3v) is 2.81. The van der Waals surface area contributed by atoms with E-state index in [1.54, 1.807) is 12.1 Å². The van der Waals surface area contributed by atoms with E-state index in [1.807, 2.05) is 19.9 Å². The number of rotatable bonds is 3. The highest BCUT2D eigenvalue weighted by Crippen LogP contribution is 2.15. The molecular formula is C12H12BrNO3. The molecule has 0 aliphatic carbocycles. The fraction of sp³-hybridized carbons (Fsp3) is 0.250. The number of furan rings is 2. The van der Waals surface area contributed by atoms with E-state index in [0.29, 0.717) is 11.2 Å². The summed E-state index contributed by atoms with van der Waals surface area (Å²) in [6.45, 7) is 4.18. The maximum absolute atomic E-state index is 11.7. The van der Waals surface area contributed by atoms with Gasteiger partial charge >= 0.3 is 0 Å². The van der Waals surface area contributed by atoms with E-state index in [4.69, 9.17) is 8.83 Å². The van der Waals surface area contributed by atoms with Gasteiger partial charge in [0.25, 0.3) is 5.91 Å². The van der Waals surface area contributed by atoms with Crippen molar-refractivity contribution in [3.05, 3.63) is 45.7 Å². The van der Waals surface area contributed by atoms with Gasteiger partial charge in [-0.3, -0.25) is 4.79 Å². The topological polar surface area (TPSA) is 55.4 Å². The predicted molar refractivity (Wildman–Crippen MR) is 65.8 cm³/mol. The van der Waals surface area contributed by atoms with Crippen LogP contribution in [-0.4, -0.2) is 5.91 Å². The monoisotopic (exact) mass is 297 g/mol. The minimum atomic E-state index is -0.242. The Labute approximate surface area is 107 Å². The number of carbonyl (C=O) groups is 1. The Kier molecular flexibility index (Phi) is 3.38. The van der Waals surface area contributed by atoms with E-state index in [-0.39, 0.29) is 11.7 Å². The van der Waals surface area contributed by atoms with Crippen molar-refractivity contribution < 1.29 is 13.6 Å². The summed E-state index contributed by atoms with van der Waals surface area (Å²) in [6.07, 6.45) is 0. The lowest BCUT2D eigenvalue weighted by Gasteiger charge is -2.01. The Balaban J connectivity index is 1.99. The number of hydrogen-bond donors (Lipinski definition) is 1. The quantitative estimate of drug-likeness (QED) is 0.946. The normalized spacial score (nSPS) is 10.5. The number of aryl methyl sites for hydroxylation is 2.